The molecule has 0 radical (unpaired) electrons. The van der Waals surface area contributed by atoms with Crippen LogP contribution in [-0.4, -0.2) is 23.9 Å². The zero-order valence-corrected chi connectivity index (χ0v) is 8.99. The monoisotopic (exact) mass is 226 g/mol. The van der Waals surface area contributed by atoms with Crippen LogP contribution in [0.1, 0.15) is 5.56 Å². The number of ether oxygens (including phenoxy) is 1. The predicted octanol–water partition coefficient (Wildman–Crippen LogP) is 2.40. The molecule has 15 heavy (non-hydrogen) atoms. The average Bonchev–Trinajstić information content (AvgIpc) is 2.29. The van der Waals surface area contributed by atoms with Gasteiger partial charge in [-0.05, 0) is 23.8 Å². The summed E-state index contributed by atoms with van der Waals surface area (Å²) in [4.78, 5) is 11.0. The molecule has 1 aromatic rings. The second-order valence-electron chi connectivity index (χ2n) is 2.86. The number of carbonyl (C=O) groups is 1. The van der Waals surface area contributed by atoms with Crippen LogP contribution in [0, 0.1) is 0 Å². The number of Topliss-reactive ketones (excluding diaryl/α,β-unsaturated/α-hetero) is 1. The van der Waals surface area contributed by atoms with Crippen molar-refractivity contribution in [1.29, 1.82) is 0 Å². The number of aliphatic hydroxyl groups excluding tert-OH is 1. The van der Waals surface area contributed by atoms with Gasteiger partial charge in [0, 0.05) is 0 Å². The first kappa shape index (κ1) is 11.6. The van der Waals surface area contributed by atoms with E-state index in [0.717, 1.165) is 5.75 Å². The first-order chi connectivity index (χ1) is 7.17. The van der Waals surface area contributed by atoms with Crippen molar-refractivity contribution in [2.24, 2.45) is 0 Å². The molecule has 0 fully saturated rings. The van der Waals surface area contributed by atoms with Gasteiger partial charge in [-0.25, -0.2) is 0 Å². The number of allylic oxidation sites excluding steroid dienone is 1. The van der Waals surface area contributed by atoms with Crippen molar-refractivity contribution in [2.75, 3.05) is 13.0 Å². The van der Waals surface area contributed by atoms with Crippen LogP contribution in [0.3, 0.4) is 0 Å². The highest BCUT2D eigenvalue weighted by molar-refractivity contribution is 6.30. The van der Waals surface area contributed by atoms with E-state index in [-0.39, 0.29) is 11.6 Å². The number of hydrogen-bond donors (Lipinski definition) is 1. The maximum atomic E-state index is 11.0. The fourth-order valence-electron chi connectivity index (χ4n) is 1.01. The van der Waals surface area contributed by atoms with E-state index in [1.165, 1.54) is 6.08 Å². The second-order valence-corrected chi connectivity index (χ2v) is 3.13. The third-order valence-electron chi connectivity index (χ3n) is 1.83. The van der Waals surface area contributed by atoms with Gasteiger partial charge in [0.25, 0.3) is 0 Å². The summed E-state index contributed by atoms with van der Waals surface area (Å²) in [5, 5.41) is 9.29. The smallest absolute Gasteiger partial charge is 0.211 e. The topological polar surface area (TPSA) is 46.5 Å². The molecular weight excluding hydrogens is 216 g/mol. The molecule has 0 saturated heterocycles. The number of ketones is 1. The van der Waals surface area contributed by atoms with Gasteiger partial charge < -0.3 is 9.84 Å². The predicted molar refractivity (Wildman–Crippen MR) is 59.3 cm³/mol. The highest BCUT2D eigenvalue weighted by atomic mass is 35.5. The van der Waals surface area contributed by atoms with Crippen LogP contribution in [0.15, 0.2) is 30.0 Å². The first-order valence-corrected chi connectivity index (χ1v) is 4.84. The Hall–Kier alpha value is -1.48. The Balaban J connectivity index is 2.84. The number of rotatable bonds is 4. The minimum absolute atomic E-state index is 0.224. The molecule has 0 spiro atoms. The zero-order valence-electron chi connectivity index (χ0n) is 8.24. The molecule has 0 aliphatic rings. The van der Waals surface area contributed by atoms with Crippen molar-refractivity contribution in [3.8, 4) is 5.75 Å². The quantitative estimate of drug-likeness (QED) is 0.487. The summed E-state index contributed by atoms with van der Waals surface area (Å²) >= 11 is 5.29. The van der Waals surface area contributed by atoms with Crippen LogP contribution in [0.5, 0.6) is 5.75 Å². The van der Waals surface area contributed by atoms with Crippen molar-refractivity contribution in [3.63, 3.8) is 0 Å². The average molecular weight is 227 g/mol. The minimum Gasteiger partial charge on any atom is -0.504 e. The molecule has 4 heteroatoms. The number of carbonyl (C=O) groups excluding carboxylic acids is 1. The summed E-state index contributed by atoms with van der Waals surface area (Å²) in [5.74, 6) is -0.337. The third kappa shape index (κ3) is 3.29. The van der Waals surface area contributed by atoms with E-state index in [4.69, 9.17) is 16.3 Å². The van der Waals surface area contributed by atoms with Gasteiger partial charge in [0.2, 0.25) is 5.78 Å². The van der Waals surface area contributed by atoms with Crippen LogP contribution in [-0.2, 0) is 4.79 Å². The normalized spacial score (nSPS) is 11.2. The first-order valence-electron chi connectivity index (χ1n) is 4.31. The molecule has 0 unspecified atom stereocenters. The molecule has 0 saturated carbocycles. The van der Waals surface area contributed by atoms with Crippen molar-refractivity contribution in [1.82, 2.24) is 0 Å². The Morgan fingerprint density at radius 1 is 1.47 bits per heavy atom. The summed E-state index contributed by atoms with van der Waals surface area (Å²) in [5.41, 5.74) is 0.715. The standard InChI is InChI=1S/C11H11ClO3/c1-15-9-4-2-8(3-5-9)6-10(13)11(14)7-12/h2-6,13H,7H2,1H3/b10-6-. The fourth-order valence-corrected chi connectivity index (χ4v) is 1.14. The van der Waals surface area contributed by atoms with E-state index in [0.29, 0.717) is 5.56 Å². The molecule has 1 rings (SSSR count). The van der Waals surface area contributed by atoms with Crippen molar-refractivity contribution < 1.29 is 14.6 Å². The van der Waals surface area contributed by atoms with E-state index < -0.39 is 5.78 Å². The number of alkyl halides is 1. The van der Waals surface area contributed by atoms with Crippen LogP contribution in [0.25, 0.3) is 6.08 Å². The Morgan fingerprint density at radius 2 is 2.07 bits per heavy atom. The molecule has 3 nitrogen and oxygen atoms in total. The maximum Gasteiger partial charge on any atom is 0.211 e. The molecular formula is C11H11ClO3. The molecule has 0 amide bonds. The Morgan fingerprint density at radius 3 is 2.53 bits per heavy atom. The van der Waals surface area contributed by atoms with E-state index in [2.05, 4.69) is 0 Å². The maximum absolute atomic E-state index is 11.0. The van der Waals surface area contributed by atoms with Gasteiger partial charge in [-0.1, -0.05) is 12.1 Å². The summed E-state index contributed by atoms with van der Waals surface area (Å²) in [6, 6.07) is 6.95. The van der Waals surface area contributed by atoms with E-state index in [9.17, 15) is 9.90 Å². The molecule has 0 aromatic heterocycles. The summed E-state index contributed by atoms with van der Waals surface area (Å²) in [6.45, 7) is 0. The van der Waals surface area contributed by atoms with E-state index in [1.807, 2.05) is 0 Å². The van der Waals surface area contributed by atoms with Crippen LogP contribution >= 0.6 is 11.6 Å². The molecule has 80 valence electrons. The SMILES string of the molecule is COc1ccc(/C=C(\O)C(=O)CCl)cc1. The van der Waals surface area contributed by atoms with Crippen molar-refractivity contribution in [2.45, 2.75) is 0 Å². The number of methoxy groups -OCH3 is 1. The van der Waals surface area contributed by atoms with Gasteiger partial charge >= 0.3 is 0 Å². The lowest BCUT2D eigenvalue weighted by Crippen LogP contribution is -2.02. The molecule has 0 aliphatic carbocycles. The van der Waals surface area contributed by atoms with Crippen LogP contribution in [0.2, 0.25) is 0 Å². The summed E-state index contributed by atoms with van der Waals surface area (Å²) in [6.07, 6.45) is 1.37. The highest BCUT2D eigenvalue weighted by Gasteiger charge is 2.05. The number of hydrogen-bond acceptors (Lipinski definition) is 3. The van der Waals surface area contributed by atoms with Crippen LogP contribution < -0.4 is 4.74 Å². The second kappa shape index (κ2) is 5.41. The van der Waals surface area contributed by atoms with Gasteiger partial charge in [-0.15, -0.1) is 11.6 Å². The molecule has 0 aliphatic heterocycles. The molecule has 0 heterocycles. The highest BCUT2D eigenvalue weighted by Crippen LogP contribution is 2.13. The van der Waals surface area contributed by atoms with Gasteiger partial charge in [0.1, 0.15) is 5.75 Å². The lowest BCUT2D eigenvalue weighted by molar-refractivity contribution is -0.115. The fraction of sp³-hybridized carbons (Fsp3) is 0.182. The molecule has 1 N–H and O–H groups in total. The number of aliphatic hydroxyl groups is 1. The minimum atomic E-state index is -0.493. The lowest BCUT2D eigenvalue weighted by atomic mass is 10.2. The largest absolute Gasteiger partial charge is 0.504 e. The Kier molecular flexibility index (Phi) is 4.18. The molecule has 0 bridgehead atoms. The van der Waals surface area contributed by atoms with Gasteiger partial charge in [-0.3, -0.25) is 4.79 Å². The van der Waals surface area contributed by atoms with Crippen molar-refractivity contribution in [3.05, 3.63) is 35.6 Å². The Labute approximate surface area is 92.9 Å². The Bertz CT molecular complexity index is 368. The van der Waals surface area contributed by atoms with Crippen molar-refractivity contribution >= 4 is 23.5 Å². The summed E-state index contributed by atoms with van der Waals surface area (Å²) < 4.78 is 4.97. The summed E-state index contributed by atoms with van der Waals surface area (Å²) in [7, 11) is 1.57. The van der Waals surface area contributed by atoms with Gasteiger partial charge in [0.05, 0.1) is 13.0 Å². The number of benzene rings is 1. The number of halogens is 1. The lowest BCUT2D eigenvalue weighted by Gasteiger charge is -2.00. The van der Waals surface area contributed by atoms with Crippen LogP contribution in [0.4, 0.5) is 0 Å². The van der Waals surface area contributed by atoms with E-state index >= 15 is 0 Å². The third-order valence-corrected chi connectivity index (χ3v) is 2.07. The van der Waals surface area contributed by atoms with Gasteiger partial charge in [-0.2, -0.15) is 0 Å². The molecule has 1 aromatic carbocycles. The zero-order chi connectivity index (χ0) is 11.3. The molecule has 0 atom stereocenters. The van der Waals surface area contributed by atoms with E-state index in [1.54, 1.807) is 31.4 Å². The van der Waals surface area contributed by atoms with Gasteiger partial charge in [0.15, 0.2) is 5.76 Å².